The van der Waals surface area contributed by atoms with Crippen molar-refractivity contribution in [3.8, 4) is 0 Å². The number of aliphatic hydroxyl groups excluding tert-OH is 3. The van der Waals surface area contributed by atoms with Crippen LogP contribution in [-0.2, 0) is 9.59 Å². The maximum Gasteiger partial charge on any atom is 0.235 e. The molecular weight excluding hydrogens is 382 g/mol. The first-order valence-electron chi connectivity index (χ1n) is 11.2. The first kappa shape index (κ1) is 23.2. The van der Waals surface area contributed by atoms with E-state index in [2.05, 4.69) is 33.0 Å². The highest BCUT2D eigenvalue weighted by Gasteiger charge is 2.65. The van der Waals surface area contributed by atoms with Gasteiger partial charge in [-0.2, -0.15) is 0 Å². The van der Waals surface area contributed by atoms with Crippen molar-refractivity contribution in [1.29, 1.82) is 0 Å². The fourth-order valence-corrected chi connectivity index (χ4v) is 5.88. The summed E-state index contributed by atoms with van der Waals surface area (Å²) in [5.74, 6) is -0.827. The standard InChI is InChI=1S/C24H37NO5/c1-12(2)8-17-21-15(5)14(4)10-16-9-13(3)6-7-18(26)22(29)19(27)11-20(28)24(16,21)23(30)25-17/h9-10,12,15-19,21-22,26-27,29H,6-8,11H2,1-5H3,(H,25,30)/b13-9+/t15-,16+,17-,18+,19-,21+,22+,24-/m1/s1. The van der Waals surface area contributed by atoms with Gasteiger partial charge in [-0.3, -0.25) is 9.59 Å². The number of Topliss-reactive ketones (excluding diaryl/α,β-unsaturated/α-hetero) is 1. The molecule has 0 unspecified atom stereocenters. The van der Waals surface area contributed by atoms with Crippen molar-refractivity contribution in [2.75, 3.05) is 0 Å². The first-order valence-corrected chi connectivity index (χ1v) is 11.2. The molecule has 0 saturated carbocycles. The lowest BCUT2D eigenvalue weighted by Crippen LogP contribution is -2.53. The van der Waals surface area contributed by atoms with Crippen molar-refractivity contribution in [2.45, 2.75) is 84.7 Å². The summed E-state index contributed by atoms with van der Waals surface area (Å²) >= 11 is 0. The van der Waals surface area contributed by atoms with Crippen molar-refractivity contribution >= 4 is 11.7 Å². The third-order valence-electron chi connectivity index (χ3n) is 7.54. The van der Waals surface area contributed by atoms with E-state index in [1.807, 2.05) is 19.1 Å². The lowest BCUT2D eigenvalue weighted by Gasteiger charge is -2.45. The molecule has 3 rings (SSSR count). The number of hydrogen-bond acceptors (Lipinski definition) is 5. The van der Waals surface area contributed by atoms with Gasteiger partial charge >= 0.3 is 0 Å². The van der Waals surface area contributed by atoms with Crippen molar-refractivity contribution in [2.24, 2.45) is 29.1 Å². The lowest BCUT2D eigenvalue weighted by atomic mass is 9.54. The SMILES string of the molecule is CC1=C[C@@H]2/C=C(\C)CC[C@H](O)[C@H](O)[C@H](O)CC(=O)[C@]23C(=O)N[C@H](CC(C)C)[C@@H]3[C@@H]1C. The molecule has 6 nitrogen and oxygen atoms in total. The van der Waals surface area contributed by atoms with Crippen LogP contribution in [0.4, 0.5) is 0 Å². The van der Waals surface area contributed by atoms with E-state index >= 15 is 0 Å². The second-order valence-electron chi connectivity index (χ2n) is 10.1. The van der Waals surface area contributed by atoms with Crippen molar-refractivity contribution < 1.29 is 24.9 Å². The summed E-state index contributed by atoms with van der Waals surface area (Å²) in [5.41, 5.74) is 0.834. The zero-order valence-corrected chi connectivity index (χ0v) is 18.8. The normalized spacial score (nSPS) is 44.4. The summed E-state index contributed by atoms with van der Waals surface area (Å²) in [6.07, 6.45) is 1.35. The number of rotatable bonds is 2. The highest BCUT2D eigenvalue weighted by atomic mass is 16.4. The van der Waals surface area contributed by atoms with Gasteiger partial charge in [-0.15, -0.1) is 0 Å². The molecule has 6 heteroatoms. The molecule has 2 aliphatic carbocycles. The van der Waals surface area contributed by atoms with Crippen LogP contribution in [0.2, 0.25) is 0 Å². The average Bonchev–Trinajstić information content (AvgIpc) is 2.94. The van der Waals surface area contributed by atoms with Crippen LogP contribution in [0.3, 0.4) is 0 Å². The van der Waals surface area contributed by atoms with Gasteiger partial charge in [0.2, 0.25) is 5.91 Å². The molecule has 1 saturated heterocycles. The summed E-state index contributed by atoms with van der Waals surface area (Å²) < 4.78 is 0. The Kier molecular flexibility index (Phi) is 6.61. The number of amides is 1. The van der Waals surface area contributed by atoms with Crippen molar-refractivity contribution in [3.63, 3.8) is 0 Å². The molecule has 30 heavy (non-hydrogen) atoms. The minimum atomic E-state index is -1.41. The Morgan fingerprint density at radius 3 is 2.43 bits per heavy atom. The number of hydrogen-bond donors (Lipinski definition) is 4. The predicted octanol–water partition coefficient (Wildman–Crippen LogP) is 2.13. The van der Waals surface area contributed by atoms with E-state index in [4.69, 9.17) is 0 Å². The van der Waals surface area contributed by atoms with Crippen LogP contribution < -0.4 is 5.32 Å². The van der Waals surface area contributed by atoms with Gasteiger partial charge in [-0.05, 0) is 44.9 Å². The Morgan fingerprint density at radius 1 is 1.13 bits per heavy atom. The molecule has 0 radical (unpaired) electrons. The van der Waals surface area contributed by atoms with E-state index in [9.17, 15) is 24.9 Å². The number of aliphatic hydroxyl groups is 3. The molecule has 8 atom stereocenters. The number of ketones is 1. The topological polar surface area (TPSA) is 107 Å². The van der Waals surface area contributed by atoms with E-state index < -0.39 is 29.6 Å². The Bertz CT molecular complexity index is 757. The minimum absolute atomic E-state index is 0.0411. The monoisotopic (exact) mass is 419 g/mol. The van der Waals surface area contributed by atoms with Crippen LogP contribution in [0.5, 0.6) is 0 Å². The van der Waals surface area contributed by atoms with Gasteiger partial charge in [0.1, 0.15) is 11.5 Å². The molecule has 4 N–H and O–H groups in total. The van der Waals surface area contributed by atoms with E-state index in [0.717, 1.165) is 12.0 Å². The number of allylic oxidation sites excluding steroid dienone is 4. The van der Waals surface area contributed by atoms with Crippen LogP contribution in [0.1, 0.15) is 60.3 Å². The molecule has 1 spiro atoms. The molecule has 1 amide bonds. The van der Waals surface area contributed by atoms with Gasteiger partial charge < -0.3 is 20.6 Å². The summed E-state index contributed by atoms with van der Waals surface area (Å²) in [4.78, 5) is 27.3. The van der Waals surface area contributed by atoms with Crippen LogP contribution >= 0.6 is 0 Å². The summed E-state index contributed by atoms with van der Waals surface area (Å²) in [7, 11) is 0. The first-order chi connectivity index (χ1) is 14.0. The zero-order chi connectivity index (χ0) is 22.4. The molecule has 168 valence electrons. The molecule has 0 aromatic rings. The van der Waals surface area contributed by atoms with Gasteiger partial charge in [0.05, 0.1) is 12.2 Å². The molecular formula is C24H37NO5. The number of carbonyl (C=O) groups is 2. The molecule has 1 aliphatic heterocycles. The Morgan fingerprint density at radius 2 is 1.80 bits per heavy atom. The third-order valence-corrected chi connectivity index (χ3v) is 7.54. The highest BCUT2D eigenvalue weighted by molar-refractivity contribution is 6.09. The maximum atomic E-state index is 13.8. The largest absolute Gasteiger partial charge is 0.390 e. The van der Waals surface area contributed by atoms with Crippen LogP contribution in [0, 0.1) is 29.1 Å². The Hall–Kier alpha value is -1.50. The average molecular weight is 420 g/mol. The van der Waals surface area contributed by atoms with Gasteiger partial charge in [-0.25, -0.2) is 0 Å². The van der Waals surface area contributed by atoms with Gasteiger partial charge in [0.25, 0.3) is 0 Å². The second kappa shape index (κ2) is 8.56. The van der Waals surface area contributed by atoms with Crippen LogP contribution in [0.25, 0.3) is 0 Å². The minimum Gasteiger partial charge on any atom is -0.390 e. The summed E-state index contributed by atoms with van der Waals surface area (Å²) in [6.45, 7) is 10.3. The van der Waals surface area contributed by atoms with E-state index in [0.29, 0.717) is 18.8 Å². The highest BCUT2D eigenvalue weighted by Crippen LogP contribution is 2.55. The number of carbonyl (C=O) groups excluding carboxylic acids is 2. The Balaban J connectivity index is 2.18. The molecule has 0 aromatic carbocycles. The second-order valence-corrected chi connectivity index (χ2v) is 10.1. The van der Waals surface area contributed by atoms with E-state index in [-0.39, 0.29) is 36.0 Å². The molecule has 0 bridgehead atoms. The fraction of sp³-hybridized carbons (Fsp3) is 0.750. The molecule has 3 aliphatic rings. The van der Waals surface area contributed by atoms with E-state index in [1.165, 1.54) is 5.57 Å². The quantitative estimate of drug-likeness (QED) is 0.405. The summed E-state index contributed by atoms with van der Waals surface area (Å²) in [6, 6.07) is -0.117. The summed E-state index contributed by atoms with van der Waals surface area (Å²) in [5, 5.41) is 34.3. The van der Waals surface area contributed by atoms with E-state index in [1.54, 1.807) is 0 Å². The Labute approximate surface area is 179 Å². The van der Waals surface area contributed by atoms with Gasteiger partial charge in [0, 0.05) is 24.3 Å². The van der Waals surface area contributed by atoms with Gasteiger partial charge in [-0.1, -0.05) is 44.1 Å². The van der Waals surface area contributed by atoms with Gasteiger partial charge in [0.15, 0.2) is 5.78 Å². The lowest BCUT2D eigenvalue weighted by molar-refractivity contribution is -0.148. The molecule has 1 fully saturated rings. The maximum absolute atomic E-state index is 13.8. The number of nitrogens with one attached hydrogen (secondary N) is 1. The molecule has 0 aromatic heterocycles. The van der Waals surface area contributed by atoms with Crippen molar-refractivity contribution in [1.82, 2.24) is 5.32 Å². The van der Waals surface area contributed by atoms with Crippen LogP contribution in [-0.4, -0.2) is 51.4 Å². The fourth-order valence-electron chi connectivity index (χ4n) is 5.88. The predicted molar refractivity (Wildman–Crippen MR) is 114 cm³/mol. The zero-order valence-electron chi connectivity index (χ0n) is 18.8. The molecule has 1 heterocycles. The smallest absolute Gasteiger partial charge is 0.235 e. The third kappa shape index (κ3) is 3.78. The van der Waals surface area contributed by atoms with Crippen molar-refractivity contribution in [3.05, 3.63) is 23.3 Å². The van der Waals surface area contributed by atoms with Crippen LogP contribution in [0.15, 0.2) is 23.3 Å².